The van der Waals surface area contributed by atoms with Crippen LogP contribution in [0.5, 0.6) is 5.75 Å². The van der Waals surface area contributed by atoms with Gasteiger partial charge in [-0.1, -0.05) is 18.2 Å². The van der Waals surface area contributed by atoms with Crippen LogP contribution in [0.15, 0.2) is 24.3 Å². The van der Waals surface area contributed by atoms with E-state index < -0.39 is 0 Å². The Balaban J connectivity index is 1.89. The molecule has 2 heterocycles. The summed E-state index contributed by atoms with van der Waals surface area (Å²) >= 11 is 1.95. The number of carbonyl (C=O) groups excluding carboxylic acids is 1. The molecule has 4 nitrogen and oxygen atoms in total. The molecule has 20 heavy (non-hydrogen) atoms. The third-order valence-corrected chi connectivity index (χ3v) is 5.17. The molecule has 1 aromatic carbocycles. The van der Waals surface area contributed by atoms with Gasteiger partial charge in [0.05, 0.1) is 13.7 Å². The first kappa shape index (κ1) is 13.8. The van der Waals surface area contributed by atoms with Crippen LogP contribution in [-0.2, 0) is 4.79 Å². The number of thioether (sulfide) groups is 1. The van der Waals surface area contributed by atoms with E-state index in [1.54, 1.807) is 7.11 Å². The number of hydrogen-bond donors (Lipinski definition) is 1. The second-order valence-corrected chi connectivity index (χ2v) is 6.35. The molecule has 2 saturated heterocycles. The Morgan fingerprint density at radius 3 is 3.00 bits per heavy atom. The summed E-state index contributed by atoms with van der Waals surface area (Å²) in [7, 11) is 1.68. The van der Waals surface area contributed by atoms with E-state index in [4.69, 9.17) is 4.74 Å². The van der Waals surface area contributed by atoms with E-state index in [-0.39, 0.29) is 12.1 Å². The number of para-hydroxylation sites is 1. The molecular weight excluding hydrogens is 272 g/mol. The highest BCUT2D eigenvalue weighted by molar-refractivity contribution is 7.99. The predicted molar refractivity (Wildman–Crippen MR) is 80.9 cm³/mol. The lowest BCUT2D eigenvalue weighted by molar-refractivity contribution is -0.130. The topological polar surface area (TPSA) is 41.6 Å². The maximum Gasteiger partial charge on any atom is 0.238 e. The Morgan fingerprint density at radius 1 is 1.40 bits per heavy atom. The Bertz CT molecular complexity index is 489. The van der Waals surface area contributed by atoms with Crippen LogP contribution in [0, 0.1) is 0 Å². The molecule has 0 aliphatic carbocycles. The van der Waals surface area contributed by atoms with Crippen molar-refractivity contribution in [1.82, 2.24) is 10.2 Å². The molecule has 3 rings (SSSR count). The third-order valence-electron chi connectivity index (χ3n) is 3.98. The minimum atomic E-state index is -0.0534. The average Bonchev–Trinajstić information content (AvgIpc) is 2.89. The van der Waals surface area contributed by atoms with Crippen molar-refractivity contribution in [1.29, 1.82) is 0 Å². The molecule has 2 unspecified atom stereocenters. The largest absolute Gasteiger partial charge is 0.496 e. The maximum absolute atomic E-state index is 12.3. The number of rotatable bonds is 3. The van der Waals surface area contributed by atoms with Gasteiger partial charge in [0.15, 0.2) is 0 Å². The summed E-state index contributed by atoms with van der Waals surface area (Å²) in [5.74, 6) is 3.30. The van der Waals surface area contributed by atoms with Gasteiger partial charge < -0.3 is 9.64 Å². The van der Waals surface area contributed by atoms with Gasteiger partial charge in [0, 0.05) is 17.4 Å². The maximum atomic E-state index is 12.3. The molecule has 5 heteroatoms. The van der Waals surface area contributed by atoms with Crippen molar-refractivity contribution in [3.05, 3.63) is 29.8 Å². The Kier molecular flexibility index (Phi) is 4.17. The highest BCUT2D eigenvalue weighted by Crippen LogP contribution is 2.34. The van der Waals surface area contributed by atoms with E-state index >= 15 is 0 Å². The minimum Gasteiger partial charge on any atom is -0.496 e. The molecule has 2 fully saturated rings. The van der Waals surface area contributed by atoms with Gasteiger partial charge in [-0.15, -0.1) is 0 Å². The molecule has 2 atom stereocenters. The lowest BCUT2D eigenvalue weighted by Crippen LogP contribution is -2.42. The Labute approximate surface area is 123 Å². The number of methoxy groups -OCH3 is 1. The SMILES string of the molecule is COc1ccccc1C1NCC(=O)N1C1CCCSC1. The van der Waals surface area contributed by atoms with E-state index in [1.165, 1.54) is 12.2 Å². The molecule has 0 radical (unpaired) electrons. The normalized spacial score (nSPS) is 26.9. The van der Waals surface area contributed by atoms with Crippen LogP contribution in [0.4, 0.5) is 0 Å². The molecular formula is C15H20N2O2S. The van der Waals surface area contributed by atoms with E-state index in [0.29, 0.717) is 12.6 Å². The molecule has 2 aliphatic rings. The van der Waals surface area contributed by atoms with Crippen LogP contribution >= 0.6 is 11.8 Å². The van der Waals surface area contributed by atoms with Crippen molar-refractivity contribution in [2.75, 3.05) is 25.2 Å². The first-order valence-electron chi connectivity index (χ1n) is 7.06. The standard InChI is InChI=1S/C15H20N2O2S/c1-19-13-7-3-2-6-12(13)15-16-9-14(18)17(15)11-5-4-8-20-10-11/h2-3,6-7,11,15-16H,4-5,8-10H2,1H3. The molecule has 0 bridgehead atoms. The van der Waals surface area contributed by atoms with Crippen molar-refractivity contribution in [2.24, 2.45) is 0 Å². The van der Waals surface area contributed by atoms with Crippen LogP contribution in [-0.4, -0.2) is 42.0 Å². The summed E-state index contributed by atoms with van der Waals surface area (Å²) in [4.78, 5) is 14.3. The van der Waals surface area contributed by atoms with E-state index in [0.717, 1.165) is 23.5 Å². The minimum absolute atomic E-state index is 0.0534. The second-order valence-electron chi connectivity index (χ2n) is 5.20. The summed E-state index contributed by atoms with van der Waals surface area (Å²) in [5.41, 5.74) is 1.05. The lowest BCUT2D eigenvalue weighted by atomic mass is 10.1. The molecule has 108 valence electrons. The number of carbonyl (C=O) groups is 1. The van der Waals surface area contributed by atoms with Crippen molar-refractivity contribution in [3.8, 4) is 5.75 Å². The zero-order valence-electron chi connectivity index (χ0n) is 11.7. The van der Waals surface area contributed by atoms with Gasteiger partial charge >= 0.3 is 0 Å². The molecule has 0 saturated carbocycles. The first-order valence-corrected chi connectivity index (χ1v) is 8.22. The summed E-state index contributed by atoms with van der Waals surface area (Å²) < 4.78 is 5.45. The number of hydrogen-bond acceptors (Lipinski definition) is 4. The lowest BCUT2D eigenvalue weighted by Gasteiger charge is -2.35. The fourth-order valence-electron chi connectivity index (χ4n) is 3.03. The fourth-order valence-corrected chi connectivity index (χ4v) is 4.16. The summed E-state index contributed by atoms with van der Waals surface area (Å²) in [6.07, 6.45) is 2.24. The van der Waals surface area contributed by atoms with Gasteiger partial charge in [-0.05, 0) is 24.7 Å². The van der Waals surface area contributed by atoms with Crippen molar-refractivity contribution >= 4 is 17.7 Å². The third kappa shape index (κ3) is 2.52. The fraction of sp³-hybridized carbons (Fsp3) is 0.533. The van der Waals surface area contributed by atoms with Crippen molar-refractivity contribution < 1.29 is 9.53 Å². The van der Waals surface area contributed by atoms with Gasteiger partial charge in [0.2, 0.25) is 5.91 Å². The second kappa shape index (κ2) is 6.06. The molecule has 1 N–H and O–H groups in total. The average molecular weight is 292 g/mol. The highest BCUT2D eigenvalue weighted by atomic mass is 32.2. The number of nitrogens with one attached hydrogen (secondary N) is 1. The number of benzene rings is 1. The zero-order chi connectivity index (χ0) is 13.9. The highest BCUT2D eigenvalue weighted by Gasteiger charge is 2.38. The summed E-state index contributed by atoms with van der Waals surface area (Å²) in [6, 6.07) is 8.29. The molecule has 1 aromatic rings. The Morgan fingerprint density at radius 2 is 2.25 bits per heavy atom. The predicted octanol–water partition coefficient (Wildman–Crippen LogP) is 2.02. The number of nitrogens with zero attached hydrogens (tertiary/aromatic N) is 1. The van der Waals surface area contributed by atoms with Gasteiger partial charge in [-0.2, -0.15) is 11.8 Å². The van der Waals surface area contributed by atoms with Crippen molar-refractivity contribution in [3.63, 3.8) is 0 Å². The molecule has 2 aliphatic heterocycles. The molecule has 0 aromatic heterocycles. The zero-order valence-corrected chi connectivity index (χ0v) is 12.5. The van der Waals surface area contributed by atoms with Gasteiger partial charge in [0.1, 0.15) is 11.9 Å². The van der Waals surface area contributed by atoms with Crippen LogP contribution in [0.1, 0.15) is 24.6 Å². The van der Waals surface area contributed by atoms with E-state index in [2.05, 4.69) is 5.32 Å². The van der Waals surface area contributed by atoms with Crippen molar-refractivity contribution in [2.45, 2.75) is 25.0 Å². The number of ether oxygens (including phenoxy) is 1. The smallest absolute Gasteiger partial charge is 0.238 e. The molecule has 0 spiro atoms. The monoisotopic (exact) mass is 292 g/mol. The summed E-state index contributed by atoms with van der Waals surface area (Å²) in [6.45, 7) is 0.421. The Hall–Kier alpha value is -1.20. The van der Waals surface area contributed by atoms with Crippen LogP contribution < -0.4 is 10.1 Å². The number of amides is 1. The van der Waals surface area contributed by atoms with Crippen LogP contribution in [0.2, 0.25) is 0 Å². The summed E-state index contributed by atoms with van der Waals surface area (Å²) in [5, 5.41) is 3.33. The molecule has 1 amide bonds. The quantitative estimate of drug-likeness (QED) is 0.925. The van der Waals surface area contributed by atoms with Crippen LogP contribution in [0.25, 0.3) is 0 Å². The first-order chi connectivity index (χ1) is 9.81. The van der Waals surface area contributed by atoms with Gasteiger partial charge in [-0.3, -0.25) is 10.1 Å². The van der Waals surface area contributed by atoms with E-state index in [1.807, 2.05) is 40.9 Å². The van der Waals surface area contributed by atoms with Gasteiger partial charge in [0.25, 0.3) is 0 Å². The van der Waals surface area contributed by atoms with E-state index in [9.17, 15) is 4.79 Å². The van der Waals surface area contributed by atoms with Crippen LogP contribution in [0.3, 0.4) is 0 Å². The van der Waals surface area contributed by atoms with Gasteiger partial charge in [-0.25, -0.2) is 0 Å².